The Morgan fingerprint density at radius 1 is 1.23 bits per heavy atom. The van der Waals surface area contributed by atoms with E-state index in [1.54, 1.807) is 24.3 Å². The maximum absolute atomic E-state index is 11.3. The molecule has 1 N–H and O–H groups in total. The zero-order valence-corrected chi connectivity index (χ0v) is 11.7. The highest BCUT2D eigenvalue weighted by Gasteiger charge is 2.28. The van der Waals surface area contributed by atoms with Crippen molar-refractivity contribution in [3.8, 4) is 11.5 Å². The molecule has 0 atom stereocenters. The first-order chi connectivity index (χ1) is 10.5. The summed E-state index contributed by atoms with van der Waals surface area (Å²) in [5, 5.41) is 20.4. The molecule has 114 valence electrons. The molecule has 7 heteroatoms. The number of ether oxygens (including phenoxy) is 2. The molecular formula is C15H13NO6. The van der Waals surface area contributed by atoms with E-state index in [9.17, 15) is 20.0 Å². The molecule has 2 rings (SSSR count). The minimum atomic E-state index is -1.31. The number of carboxylic acids is 1. The van der Waals surface area contributed by atoms with Gasteiger partial charge in [-0.1, -0.05) is 30.3 Å². The van der Waals surface area contributed by atoms with Crippen LogP contribution in [0.15, 0.2) is 42.5 Å². The van der Waals surface area contributed by atoms with Gasteiger partial charge in [0.25, 0.3) is 0 Å². The molecular weight excluding hydrogens is 290 g/mol. The smallest absolute Gasteiger partial charge is 0.353 e. The molecule has 0 amide bonds. The zero-order chi connectivity index (χ0) is 16.1. The number of hydrogen-bond donors (Lipinski definition) is 1. The van der Waals surface area contributed by atoms with E-state index in [0.29, 0.717) is 0 Å². The summed E-state index contributed by atoms with van der Waals surface area (Å²) in [5.41, 5.74) is -0.0299. The van der Waals surface area contributed by atoms with Gasteiger partial charge in [-0.2, -0.15) is 0 Å². The number of hydrogen-bond acceptors (Lipinski definition) is 5. The molecule has 0 spiro atoms. The largest absolute Gasteiger partial charge is 0.490 e. The van der Waals surface area contributed by atoms with Gasteiger partial charge in [0.15, 0.2) is 0 Å². The summed E-state index contributed by atoms with van der Waals surface area (Å²) in [5.74, 6) is -1.69. The minimum Gasteiger partial charge on any atom is -0.490 e. The summed E-state index contributed by atoms with van der Waals surface area (Å²) in [6.07, 6.45) is 0. The Hall–Kier alpha value is -3.09. The molecule has 2 aromatic rings. The maximum Gasteiger partial charge on any atom is 0.353 e. The van der Waals surface area contributed by atoms with Crippen LogP contribution in [0.2, 0.25) is 0 Å². The molecule has 0 aliphatic carbocycles. The van der Waals surface area contributed by atoms with Crippen LogP contribution in [0.1, 0.15) is 15.9 Å². The Morgan fingerprint density at radius 3 is 2.45 bits per heavy atom. The van der Waals surface area contributed by atoms with Crippen LogP contribution in [0.3, 0.4) is 0 Å². The topological polar surface area (TPSA) is 98.9 Å². The summed E-state index contributed by atoms with van der Waals surface area (Å²) in [6.45, 7) is 0.00906. The van der Waals surface area contributed by atoms with Crippen LogP contribution in [0, 0.1) is 10.1 Å². The molecule has 0 bridgehead atoms. The molecule has 0 unspecified atom stereocenters. The van der Waals surface area contributed by atoms with E-state index in [2.05, 4.69) is 0 Å². The monoisotopic (exact) mass is 303 g/mol. The molecule has 7 nitrogen and oxygen atoms in total. The fraction of sp³-hybridized carbons (Fsp3) is 0.133. The number of carboxylic acid groups (broad SMARTS) is 1. The third kappa shape index (κ3) is 3.14. The Kier molecular flexibility index (Phi) is 4.57. The van der Waals surface area contributed by atoms with E-state index in [4.69, 9.17) is 9.47 Å². The summed E-state index contributed by atoms with van der Waals surface area (Å²) in [4.78, 5) is 21.8. The number of methoxy groups -OCH3 is 1. The van der Waals surface area contributed by atoms with Crippen LogP contribution < -0.4 is 9.47 Å². The molecule has 0 aromatic heterocycles. The molecule has 22 heavy (non-hydrogen) atoms. The molecule has 0 heterocycles. The number of nitro groups is 1. The second-order valence-electron chi connectivity index (χ2n) is 4.33. The summed E-state index contributed by atoms with van der Waals surface area (Å²) < 4.78 is 10.3. The highest BCUT2D eigenvalue weighted by atomic mass is 16.6. The van der Waals surface area contributed by atoms with Crippen molar-refractivity contribution >= 4 is 11.7 Å². The van der Waals surface area contributed by atoms with Crippen molar-refractivity contribution in [1.82, 2.24) is 0 Å². The Morgan fingerprint density at radius 2 is 1.91 bits per heavy atom. The van der Waals surface area contributed by atoms with Gasteiger partial charge in [-0.05, 0) is 17.7 Å². The number of benzene rings is 2. The van der Waals surface area contributed by atoms with Gasteiger partial charge in [0, 0.05) is 0 Å². The highest BCUT2D eigenvalue weighted by molar-refractivity contribution is 5.93. The van der Waals surface area contributed by atoms with E-state index in [1.165, 1.54) is 19.2 Å². The first kappa shape index (κ1) is 15.3. The predicted octanol–water partition coefficient (Wildman–Crippen LogP) is 2.88. The quantitative estimate of drug-likeness (QED) is 0.650. The lowest BCUT2D eigenvalue weighted by atomic mass is 10.1. The van der Waals surface area contributed by atoms with Crippen LogP contribution >= 0.6 is 0 Å². The van der Waals surface area contributed by atoms with Gasteiger partial charge >= 0.3 is 11.7 Å². The second-order valence-corrected chi connectivity index (χ2v) is 4.33. The molecule has 0 aliphatic rings. The van der Waals surface area contributed by atoms with Crippen molar-refractivity contribution in [2.45, 2.75) is 6.61 Å². The summed E-state index contributed by atoms with van der Waals surface area (Å²) in [7, 11) is 1.27. The van der Waals surface area contributed by atoms with Crippen LogP contribution in [0.5, 0.6) is 11.5 Å². The standard InChI is InChI=1S/C15H13NO6/c1-21-12-8-7-11(15(17)18)14(13(12)16(19)20)22-9-10-5-3-2-4-6-10/h2-8H,9H2,1H3,(H,17,18). The van der Waals surface area contributed by atoms with Crippen LogP contribution in [-0.4, -0.2) is 23.1 Å². The van der Waals surface area contributed by atoms with Crippen LogP contribution in [-0.2, 0) is 6.61 Å². The van der Waals surface area contributed by atoms with Crippen LogP contribution in [0.25, 0.3) is 0 Å². The normalized spacial score (nSPS) is 10.0. The minimum absolute atomic E-state index is 0.00906. The Labute approximate surface area is 125 Å². The Bertz CT molecular complexity index is 699. The predicted molar refractivity (Wildman–Crippen MR) is 77.4 cm³/mol. The van der Waals surface area contributed by atoms with Gasteiger partial charge in [-0.3, -0.25) is 10.1 Å². The lowest BCUT2D eigenvalue weighted by Gasteiger charge is -2.11. The average molecular weight is 303 g/mol. The summed E-state index contributed by atoms with van der Waals surface area (Å²) in [6, 6.07) is 11.4. The first-order valence-electron chi connectivity index (χ1n) is 6.30. The third-order valence-corrected chi connectivity index (χ3v) is 2.95. The van der Waals surface area contributed by atoms with E-state index < -0.39 is 16.6 Å². The van der Waals surface area contributed by atoms with Crippen molar-refractivity contribution in [2.75, 3.05) is 7.11 Å². The van der Waals surface area contributed by atoms with Gasteiger partial charge < -0.3 is 14.6 Å². The van der Waals surface area contributed by atoms with Crippen LogP contribution in [0.4, 0.5) is 5.69 Å². The molecule has 0 saturated heterocycles. The Balaban J connectivity index is 2.45. The second kappa shape index (κ2) is 6.57. The molecule has 0 radical (unpaired) electrons. The number of nitro benzene ring substituents is 1. The zero-order valence-electron chi connectivity index (χ0n) is 11.7. The maximum atomic E-state index is 11.3. The number of aromatic carboxylic acids is 1. The highest BCUT2D eigenvalue weighted by Crippen LogP contribution is 2.40. The van der Waals surface area contributed by atoms with Crippen molar-refractivity contribution in [3.05, 3.63) is 63.7 Å². The number of carbonyl (C=O) groups is 1. The summed E-state index contributed by atoms with van der Waals surface area (Å²) >= 11 is 0. The molecule has 0 saturated carbocycles. The van der Waals surface area contributed by atoms with Crippen molar-refractivity contribution in [2.24, 2.45) is 0 Å². The lowest BCUT2D eigenvalue weighted by molar-refractivity contribution is -0.386. The van der Waals surface area contributed by atoms with E-state index in [-0.39, 0.29) is 23.7 Å². The first-order valence-corrected chi connectivity index (χ1v) is 6.30. The SMILES string of the molecule is COc1ccc(C(=O)O)c(OCc2ccccc2)c1[N+](=O)[O-]. The lowest BCUT2D eigenvalue weighted by Crippen LogP contribution is -2.07. The van der Waals surface area contributed by atoms with Crippen molar-refractivity contribution in [1.29, 1.82) is 0 Å². The van der Waals surface area contributed by atoms with Gasteiger partial charge in [0.05, 0.1) is 12.0 Å². The average Bonchev–Trinajstić information content (AvgIpc) is 2.52. The molecule has 0 fully saturated rings. The van der Waals surface area contributed by atoms with E-state index in [1.807, 2.05) is 6.07 Å². The van der Waals surface area contributed by atoms with Gasteiger partial charge in [-0.15, -0.1) is 0 Å². The van der Waals surface area contributed by atoms with Gasteiger partial charge in [-0.25, -0.2) is 4.79 Å². The molecule has 2 aromatic carbocycles. The third-order valence-electron chi connectivity index (χ3n) is 2.95. The fourth-order valence-electron chi connectivity index (χ4n) is 1.93. The number of nitrogens with zero attached hydrogens (tertiary/aromatic N) is 1. The fourth-order valence-corrected chi connectivity index (χ4v) is 1.93. The van der Waals surface area contributed by atoms with Gasteiger partial charge in [0.1, 0.15) is 12.2 Å². The van der Waals surface area contributed by atoms with E-state index >= 15 is 0 Å². The van der Waals surface area contributed by atoms with E-state index in [0.717, 1.165) is 5.56 Å². The van der Waals surface area contributed by atoms with Crippen molar-refractivity contribution in [3.63, 3.8) is 0 Å². The van der Waals surface area contributed by atoms with Gasteiger partial charge in [0.2, 0.25) is 11.5 Å². The molecule has 0 aliphatic heterocycles. The van der Waals surface area contributed by atoms with Crippen molar-refractivity contribution < 1.29 is 24.3 Å². The number of rotatable bonds is 6.